The molecule has 1 aromatic carbocycles. The molecule has 1 aromatic heterocycles. The maximum absolute atomic E-state index is 12.5. The number of ether oxygens (including phenoxy) is 1. The summed E-state index contributed by atoms with van der Waals surface area (Å²) in [6.07, 6.45) is -1.19. The smallest absolute Gasteiger partial charge is 0.329 e. The minimum Gasteiger partial charge on any atom is -0.446 e. The number of anilines is 1. The summed E-state index contributed by atoms with van der Waals surface area (Å²) < 4.78 is 10.2. The van der Waals surface area contributed by atoms with Gasteiger partial charge in [-0.05, 0) is 13.8 Å². The Morgan fingerprint density at radius 2 is 1.88 bits per heavy atom. The van der Waals surface area contributed by atoms with Crippen LogP contribution in [-0.4, -0.2) is 29.0 Å². The first kappa shape index (κ1) is 18.2. The zero-order valence-electron chi connectivity index (χ0n) is 14.1. The molecule has 8 nitrogen and oxygen atoms in total. The lowest BCUT2D eigenvalue weighted by Crippen LogP contribution is -2.40. The summed E-state index contributed by atoms with van der Waals surface area (Å²) in [4.78, 5) is 35.8. The summed E-state index contributed by atoms with van der Waals surface area (Å²) in [6, 6.07) is 9.21. The zero-order valence-corrected chi connectivity index (χ0v) is 14.1. The van der Waals surface area contributed by atoms with Crippen LogP contribution in [0.25, 0.3) is 0 Å². The van der Waals surface area contributed by atoms with E-state index in [4.69, 9.17) is 9.26 Å². The van der Waals surface area contributed by atoms with Crippen LogP contribution in [0, 0.1) is 6.92 Å². The second kappa shape index (κ2) is 8.09. The van der Waals surface area contributed by atoms with E-state index in [0.29, 0.717) is 11.3 Å². The van der Waals surface area contributed by atoms with Gasteiger partial charge in [0.05, 0.1) is 0 Å². The van der Waals surface area contributed by atoms with E-state index in [1.54, 1.807) is 43.3 Å². The van der Waals surface area contributed by atoms with Crippen LogP contribution < -0.4 is 10.6 Å². The molecule has 1 heterocycles. The normalized spacial score (nSPS) is 12.8. The Labute approximate surface area is 144 Å². The van der Waals surface area contributed by atoms with E-state index in [1.165, 1.54) is 13.8 Å². The van der Waals surface area contributed by atoms with Gasteiger partial charge >= 0.3 is 5.97 Å². The highest BCUT2D eigenvalue weighted by Crippen LogP contribution is 2.20. The SMILES string of the molecule is CC(=O)NC(C)C(=O)OC(C(=O)Nc1cc(C)on1)c1ccccc1. The fourth-order valence-corrected chi connectivity index (χ4v) is 2.10. The quantitative estimate of drug-likeness (QED) is 0.772. The highest BCUT2D eigenvalue weighted by molar-refractivity contribution is 5.95. The van der Waals surface area contributed by atoms with Gasteiger partial charge in [0, 0.05) is 18.6 Å². The van der Waals surface area contributed by atoms with Crippen molar-refractivity contribution in [2.24, 2.45) is 0 Å². The summed E-state index contributed by atoms with van der Waals surface area (Å²) in [5.74, 6) is -0.932. The largest absolute Gasteiger partial charge is 0.446 e. The van der Waals surface area contributed by atoms with Gasteiger partial charge in [-0.15, -0.1) is 0 Å². The minimum absolute atomic E-state index is 0.217. The molecule has 2 atom stereocenters. The number of carbonyl (C=O) groups excluding carboxylic acids is 3. The summed E-state index contributed by atoms with van der Waals surface area (Å²) in [5, 5.41) is 8.64. The lowest BCUT2D eigenvalue weighted by atomic mass is 10.1. The number of nitrogens with zero attached hydrogens (tertiary/aromatic N) is 1. The Morgan fingerprint density at radius 1 is 1.20 bits per heavy atom. The molecule has 0 saturated heterocycles. The second-order valence-electron chi connectivity index (χ2n) is 5.46. The van der Waals surface area contributed by atoms with E-state index in [0.717, 1.165) is 0 Å². The molecule has 0 aliphatic heterocycles. The van der Waals surface area contributed by atoms with Crippen molar-refractivity contribution in [3.63, 3.8) is 0 Å². The third-order valence-corrected chi connectivity index (χ3v) is 3.23. The van der Waals surface area contributed by atoms with Crippen LogP contribution in [0.5, 0.6) is 0 Å². The van der Waals surface area contributed by atoms with Crippen molar-refractivity contribution in [1.29, 1.82) is 0 Å². The van der Waals surface area contributed by atoms with Crippen LogP contribution in [-0.2, 0) is 19.1 Å². The molecule has 2 aromatic rings. The molecule has 2 unspecified atom stereocenters. The van der Waals surface area contributed by atoms with E-state index in [9.17, 15) is 14.4 Å². The van der Waals surface area contributed by atoms with Gasteiger partial charge < -0.3 is 19.9 Å². The van der Waals surface area contributed by atoms with Gasteiger partial charge in [-0.25, -0.2) is 4.79 Å². The lowest BCUT2D eigenvalue weighted by molar-refractivity contribution is -0.157. The monoisotopic (exact) mass is 345 g/mol. The summed E-state index contributed by atoms with van der Waals surface area (Å²) in [7, 11) is 0. The van der Waals surface area contributed by atoms with Gasteiger partial charge in [0.2, 0.25) is 12.0 Å². The summed E-state index contributed by atoms with van der Waals surface area (Å²) in [5.41, 5.74) is 0.489. The van der Waals surface area contributed by atoms with Gasteiger partial charge in [0.15, 0.2) is 5.82 Å². The second-order valence-corrected chi connectivity index (χ2v) is 5.46. The van der Waals surface area contributed by atoms with Crippen molar-refractivity contribution in [2.75, 3.05) is 5.32 Å². The number of hydrogen-bond acceptors (Lipinski definition) is 6. The van der Waals surface area contributed by atoms with E-state index in [1.807, 2.05) is 0 Å². The van der Waals surface area contributed by atoms with Crippen LogP contribution in [0.2, 0.25) is 0 Å². The third-order valence-electron chi connectivity index (χ3n) is 3.23. The molecule has 2 rings (SSSR count). The zero-order chi connectivity index (χ0) is 18.4. The van der Waals surface area contributed by atoms with E-state index >= 15 is 0 Å². The number of aromatic nitrogens is 1. The molecule has 25 heavy (non-hydrogen) atoms. The van der Waals surface area contributed by atoms with Crippen LogP contribution in [0.1, 0.15) is 31.3 Å². The number of amides is 2. The summed E-state index contributed by atoms with van der Waals surface area (Å²) >= 11 is 0. The van der Waals surface area contributed by atoms with Gasteiger partial charge in [0.1, 0.15) is 11.8 Å². The van der Waals surface area contributed by atoms with E-state index in [-0.39, 0.29) is 11.7 Å². The van der Waals surface area contributed by atoms with Crippen LogP contribution >= 0.6 is 0 Å². The Bertz CT molecular complexity index is 757. The lowest BCUT2D eigenvalue weighted by Gasteiger charge is -2.20. The van der Waals surface area contributed by atoms with Gasteiger partial charge in [-0.3, -0.25) is 9.59 Å². The number of nitrogens with one attached hydrogen (secondary N) is 2. The number of benzene rings is 1. The fraction of sp³-hybridized carbons (Fsp3) is 0.294. The van der Waals surface area contributed by atoms with E-state index < -0.39 is 24.0 Å². The predicted molar refractivity (Wildman–Crippen MR) is 88.4 cm³/mol. The first-order valence-electron chi connectivity index (χ1n) is 7.63. The number of esters is 1. The average Bonchev–Trinajstić information content (AvgIpc) is 2.97. The Kier molecular flexibility index (Phi) is 5.89. The number of hydrogen-bond donors (Lipinski definition) is 2. The molecule has 2 amide bonds. The Morgan fingerprint density at radius 3 is 2.44 bits per heavy atom. The Hall–Kier alpha value is -3.16. The van der Waals surface area contributed by atoms with Gasteiger partial charge in [-0.2, -0.15) is 0 Å². The van der Waals surface area contributed by atoms with Crippen molar-refractivity contribution >= 4 is 23.6 Å². The molecule has 0 aliphatic carbocycles. The third kappa shape index (κ3) is 5.17. The van der Waals surface area contributed by atoms with Gasteiger partial charge in [-0.1, -0.05) is 35.5 Å². The van der Waals surface area contributed by atoms with Crippen LogP contribution in [0.3, 0.4) is 0 Å². The van der Waals surface area contributed by atoms with Crippen molar-refractivity contribution in [1.82, 2.24) is 10.5 Å². The molecule has 8 heteroatoms. The number of carbonyl (C=O) groups is 3. The number of rotatable bonds is 6. The molecule has 0 saturated carbocycles. The van der Waals surface area contributed by atoms with Crippen LogP contribution in [0.15, 0.2) is 40.9 Å². The fourth-order valence-electron chi connectivity index (χ4n) is 2.10. The minimum atomic E-state index is -1.19. The molecule has 2 N–H and O–H groups in total. The molecule has 132 valence electrons. The first-order chi connectivity index (χ1) is 11.9. The van der Waals surface area contributed by atoms with Crippen molar-refractivity contribution in [3.05, 3.63) is 47.7 Å². The van der Waals surface area contributed by atoms with Crippen LogP contribution in [0.4, 0.5) is 5.82 Å². The Balaban J connectivity index is 2.17. The topological polar surface area (TPSA) is 111 Å². The molecule has 0 spiro atoms. The molecule has 0 fully saturated rings. The molecule has 0 aliphatic rings. The molecule has 0 radical (unpaired) electrons. The number of aryl methyl sites for hydroxylation is 1. The molecular weight excluding hydrogens is 326 g/mol. The maximum atomic E-state index is 12.5. The standard InChI is InChI=1S/C17H19N3O5/c1-10-9-14(20-25-10)19-16(22)15(13-7-5-4-6-8-13)24-17(23)11(2)18-12(3)21/h4-9,11,15H,1-3H3,(H,18,21)(H,19,20,22). The maximum Gasteiger partial charge on any atom is 0.329 e. The van der Waals surface area contributed by atoms with Crippen molar-refractivity contribution in [3.8, 4) is 0 Å². The predicted octanol–water partition coefficient (Wildman–Crippen LogP) is 1.73. The first-order valence-corrected chi connectivity index (χ1v) is 7.63. The highest BCUT2D eigenvalue weighted by atomic mass is 16.5. The van der Waals surface area contributed by atoms with Crippen molar-refractivity contribution in [2.45, 2.75) is 32.9 Å². The summed E-state index contributed by atoms with van der Waals surface area (Å²) in [6.45, 7) is 4.45. The van der Waals surface area contributed by atoms with Gasteiger partial charge in [0.25, 0.3) is 5.91 Å². The highest BCUT2D eigenvalue weighted by Gasteiger charge is 2.28. The molecule has 0 bridgehead atoms. The van der Waals surface area contributed by atoms with Crippen molar-refractivity contribution < 1.29 is 23.6 Å². The average molecular weight is 345 g/mol. The van der Waals surface area contributed by atoms with E-state index in [2.05, 4.69) is 15.8 Å². The molecular formula is C17H19N3O5.